The fourth-order valence-electron chi connectivity index (χ4n) is 5.58. The zero-order valence-corrected chi connectivity index (χ0v) is 24.3. The van der Waals surface area contributed by atoms with E-state index in [1.165, 1.54) is 13.1 Å². The van der Waals surface area contributed by atoms with Gasteiger partial charge in [-0.25, -0.2) is 13.2 Å². The number of aromatic nitrogens is 1. The number of fused-ring (bicyclic) bond motifs is 2. The van der Waals surface area contributed by atoms with Crippen LogP contribution in [0.5, 0.6) is 0 Å². The number of pyridine rings is 1. The molecule has 9 nitrogen and oxygen atoms in total. The second-order valence-electron chi connectivity index (χ2n) is 10.4. The Morgan fingerprint density at radius 3 is 2.41 bits per heavy atom. The summed E-state index contributed by atoms with van der Waals surface area (Å²) in [5, 5.41) is 13.5. The van der Waals surface area contributed by atoms with E-state index in [2.05, 4.69) is 5.32 Å². The summed E-state index contributed by atoms with van der Waals surface area (Å²) in [4.78, 5) is 37.8. The molecule has 13 heteroatoms. The lowest BCUT2D eigenvalue weighted by molar-refractivity contribution is -0.141. The average Bonchev–Trinajstić information content (AvgIpc) is 2.98. The molecule has 5 rings (SSSR count). The van der Waals surface area contributed by atoms with E-state index in [1.807, 2.05) is 24.3 Å². The van der Waals surface area contributed by atoms with Gasteiger partial charge < -0.3 is 10.4 Å². The SMILES string of the molecule is CNC(=O)CCCN1CC(C(=O)O)n2c(c(-c3cccc(C(F)(F)F)c3)c(Cc3cccc4ccccc34)cc2=O)S1(=O)=O. The molecular formula is C31H28F3N3O6S. The third kappa shape index (κ3) is 5.84. The van der Waals surface area contributed by atoms with Gasteiger partial charge in [0.15, 0.2) is 5.03 Å². The summed E-state index contributed by atoms with van der Waals surface area (Å²) in [6.07, 6.45) is -4.79. The van der Waals surface area contributed by atoms with Crippen molar-refractivity contribution in [1.29, 1.82) is 0 Å². The lowest BCUT2D eigenvalue weighted by Gasteiger charge is -2.35. The van der Waals surface area contributed by atoms with E-state index in [0.29, 0.717) is 10.1 Å². The molecule has 0 bridgehead atoms. The van der Waals surface area contributed by atoms with Gasteiger partial charge in [0.05, 0.1) is 5.56 Å². The van der Waals surface area contributed by atoms with Crippen molar-refractivity contribution in [2.45, 2.75) is 36.5 Å². The van der Waals surface area contributed by atoms with Crippen LogP contribution in [-0.4, -0.2) is 54.4 Å². The lowest BCUT2D eigenvalue weighted by Crippen LogP contribution is -2.50. The first-order valence-electron chi connectivity index (χ1n) is 13.7. The highest BCUT2D eigenvalue weighted by atomic mass is 32.2. The Balaban J connectivity index is 1.79. The molecule has 0 fully saturated rings. The Labute approximate surface area is 250 Å². The van der Waals surface area contributed by atoms with Crippen LogP contribution < -0.4 is 10.9 Å². The van der Waals surface area contributed by atoms with Gasteiger partial charge in [0, 0.05) is 38.2 Å². The van der Waals surface area contributed by atoms with E-state index in [9.17, 15) is 41.1 Å². The molecule has 2 N–H and O–H groups in total. The van der Waals surface area contributed by atoms with Gasteiger partial charge in [-0.15, -0.1) is 0 Å². The number of hydrogen-bond donors (Lipinski definition) is 2. The predicted octanol–water partition coefficient (Wildman–Crippen LogP) is 4.43. The Hall–Kier alpha value is -4.49. The first kappa shape index (κ1) is 31.0. The average molecular weight is 628 g/mol. The number of carboxylic acid groups (broad SMARTS) is 1. The van der Waals surface area contributed by atoms with E-state index in [4.69, 9.17) is 0 Å². The molecular weight excluding hydrogens is 599 g/mol. The van der Waals surface area contributed by atoms with Gasteiger partial charge in [-0.3, -0.25) is 14.2 Å². The summed E-state index contributed by atoms with van der Waals surface area (Å²) in [6, 6.07) is 16.3. The number of aliphatic carboxylic acids is 1. The van der Waals surface area contributed by atoms with Crippen LogP contribution in [-0.2, 0) is 32.2 Å². The minimum absolute atomic E-state index is 0.0278. The number of carbonyl (C=O) groups is 2. The molecule has 230 valence electrons. The van der Waals surface area contributed by atoms with Crippen molar-refractivity contribution >= 4 is 32.7 Å². The number of nitrogens with zero attached hydrogens (tertiary/aromatic N) is 2. The smallest absolute Gasteiger partial charge is 0.416 e. The normalized spacial score (nSPS) is 16.4. The minimum Gasteiger partial charge on any atom is -0.480 e. The van der Waals surface area contributed by atoms with Gasteiger partial charge in [-0.2, -0.15) is 17.5 Å². The molecule has 0 saturated heterocycles. The van der Waals surface area contributed by atoms with Crippen molar-refractivity contribution in [1.82, 2.24) is 14.2 Å². The summed E-state index contributed by atoms with van der Waals surface area (Å²) >= 11 is 0. The number of halogens is 3. The number of alkyl halides is 3. The zero-order valence-electron chi connectivity index (χ0n) is 23.5. The number of carbonyl (C=O) groups excluding carboxylic acids is 1. The first-order valence-corrected chi connectivity index (χ1v) is 15.1. The van der Waals surface area contributed by atoms with Gasteiger partial charge in [-0.05, 0) is 52.4 Å². The third-order valence-electron chi connectivity index (χ3n) is 7.68. The molecule has 1 aliphatic heterocycles. The van der Waals surface area contributed by atoms with Gasteiger partial charge in [-0.1, -0.05) is 54.6 Å². The lowest BCUT2D eigenvalue weighted by atomic mass is 9.93. The van der Waals surface area contributed by atoms with Crippen molar-refractivity contribution in [3.8, 4) is 11.1 Å². The van der Waals surface area contributed by atoms with Crippen molar-refractivity contribution in [2.24, 2.45) is 0 Å². The molecule has 0 saturated carbocycles. The molecule has 3 aromatic carbocycles. The Bertz CT molecular complexity index is 1930. The van der Waals surface area contributed by atoms with E-state index >= 15 is 0 Å². The monoisotopic (exact) mass is 627 g/mol. The third-order valence-corrected chi connectivity index (χ3v) is 9.58. The Kier molecular flexibility index (Phi) is 8.36. The maximum absolute atomic E-state index is 14.2. The molecule has 0 aliphatic carbocycles. The molecule has 44 heavy (non-hydrogen) atoms. The predicted molar refractivity (Wildman–Crippen MR) is 157 cm³/mol. The summed E-state index contributed by atoms with van der Waals surface area (Å²) in [5.74, 6) is -1.84. The molecule has 4 aromatic rings. The van der Waals surface area contributed by atoms with Crippen molar-refractivity contribution in [2.75, 3.05) is 20.1 Å². The van der Waals surface area contributed by atoms with Gasteiger partial charge >= 0.3 is 12.1 Å². The molecule has 0 radical (unpaired) electrons. The highest BCUT2D eigenvalue weighted by Crippen LogP contribution is 2.40. The van der Waals surface area contributed by atoms with Crippen LogP contribution in [0.2, 0.25) is 0 Å². The zero-order chi connectivity index (χ0) is 31.8. The molecule has 1 atom stereocenters. The van der Waals surface area contributed by atoms with Crippen molar-refractivity contribution in [3.05, 3.63) is 99.8 Å². The summed E-state index contributed by atoms with van der Waals surface area (Å²) in [5.41, 5.74) is -1.47. The van der Waals surface area contributed by atoms with Crippen molar-refractivity contribution < 1.29 is 36.3 Å². The van der Waals surface area contributed by atoms with Crippen LogP contribution >= 0.6 is 0 Å². The van der Waals surface area contributed by atoms with E-state index in [0.717, 1.165) is 39.3 Å². The number of nitrogens with one attached hydrogen (secondary N) is 1. The highest BCUT2D eigenvalue weighted by molar-refractivity contribution is 7.89. The maximum Gasteiger partial charge on any atom is 0.416 e. The number of hydrogen-bond acceptors (Lipinski definition) is 5. The summed E-state index contributed by atoms with van der Waals surface area (Å²) in [7, 11) is -3.22. The van der Waals surface area contributed by atoms with E-state index in [-0.39, 0.29) is 48.4 Å². The first-order chi connectivity index (χ1) is 20.8. The second-order valence-corrected chi connectivity index (χ2v) is 12.3. The molecule has 1 unspecified atom stereocenters. The van der Waals surface area contributed by atoms with Gasteiger partial charge in [0.1, 0.15) is 6.04 Å². The molecule has 1 amide bonds. The summed E-state index contributed by atoms with van der Waals surface area (Å²) in [6.45, 7) is -0.841. The van der Waals surface area contributed by atoms with Crippen LogP contribution in [0, 0.1) is 0 Å². The van der Waals surface area contributed by atoms with Crippen LogP contribution in [0.15, 0.2) is 82.6 Å². The maximum atomic E-state index is 14.2. The number of sulfonamides is 1. The standard InChI is InChI=1S/C31H28F3N3O6S/c1-35-26(38)13-6-14-36-18-25(30(40)41)37-27(39)17-22(15-20-9-4-8-19-7-2-3-12-24(19)20)28(29(37)44(36,42)43)21-10-5-11-23(16-21)31(32,33)34/h2-5,7-12,16-17,25H,6,13-15,18H2,1H3,(H,35,38)(H,40,41). The molecule has 1 aliphatic rings. The number of amides is 1. The largest absolute Gasteiger partial charge is 0.480 e. The van der Waals surface area contributed by atoms with Crippen molar-refractivity contribution in [3.63, 3.8) is 0 Å². The van der Waals surface area contributed by atoms with Crippen LogP contribution in [0.3, 0.4) is 0 Å². The number of benzene rings is 3. The van der Waals surface area contributed by atoms with Gasteiger partial charge in [0.2, 0.25) is 5.91 Å². The van der Waals surface area contributed by atoms with Crippen LogP contribution in [0.1, 0.15) is 35.6 Å². The quantitative estimate of drug-likeness (QED) is 0.298. The van der Waals surface area contributed by atoms with Crippen LogP contribution in [0.25, 0.3) is 21.9 Å². The Morgan fingerprint density at radius 1 is 1.00 bits per heavy atom. The fraction of sp³-hybridized carbons (Fsp3) is 0.258. The highest BCUT2D eigenvalue weighted by Gasteiger charge is 2.43. The van der Waals surface area contributed by atoms with Gasteiger partial charge in [0.25, 0.3) is 15.6 Å². The minimum atomic E-state index is -4.76. The van der Waals surface area contributed by atoms with E-state index < -0.39 is 50.9 Å². The molecule has 0 spiro atoms. The second kappa shape index (κ2) is 11.9. The van der Waals surface area contributed by atoms with E-state index in [1.54, 1.807) is 18.2 Å². The topological polar surface area (TPSA) is 126 Å². The number of rotatable bonds is 8. The fourth-order valence-corrected chi connectivity index (χ4v) is 7.51. The molecule has 1 aromatic heterocycles. The van der Waals surface area contributed by atoms with Crippen LogP contribution in [0.4, 0.5) is 13.2 Å². The molecule has 2 heterocycles. The number of carboxylic acids is 1. The Morgan fingerprint density at radius 2 is 1.70 bits per heavy atom. The summed E-state index contributed by atoms with van der Waals surface area (Å²) < 4.78 is 71.4.